The van der Waals surface area contributed by atoms with Gasteiger partial charge in [0, 0.05) is 0 Å². The summed E-state index contributed by atoms with van der Waals surface area (Å²) in [6, 6.07) is 10.7. The van der Waals surface area contributed by atoms with Gasteiger partial charge in [-0.15, -0.1) is 0 Å². The number of benzene rings is 1. The molecule has 1 saturated heterocycles. The molecule has 0 saturated carbocycles. The van der Waals surface area contributed by atoms with Crippen LogP contribution in [0, 0.1) is 0 Å². The minimum absolute atomic E-state index is 0.174. The first-order valence-electron chi connectivity index (χ1n) is 7.05. The number of ether oxygens (including phenoxy) is 1. The number of rotatable bonds is 7. The second-order valence-electron chi connectivity index (χ2n) is 5.18. The van der Waals surface area contributed by atoms with E-state index in [-0.39, 0.29) is 5.60 Å². The molecule has 0 N–H and O–H groups in total. The molecule has 94 valence electrons. The molecule has 1 heterocycles. The molecule has 1 aromatic rings. The second kappa shape index (κ2) is 5.68. The molecule has 1 aliphatic heterocycles. The average Bonchev–Trinajstić information content (AvgIpc) is 3.10. The lowest BCUT2D eigenvalue weighted by molar-refractivity contribution is 0.258. The van der Waals surface area contributed by atoms with Crippen LogP contribution in [0.25, 0.3) is 0 Å². The normalized spacial score (nSPS) is 21.4. The highest BCUT2D eigenvalue weighted by Gasteiger charge is 2.55. The molecule has 0 bridgehead atoms. The van der Waals surface area contributed by atoms with Crippen molar-refractivity contribution in [1.82, 2.24) is 0 Å². The molecule has 1 heteroatoms. The van der Waals surface area contributed by atoms with Crippen LogP contribution in [0.4, 0.5) is 0 Å². The van der Waals surface area contributed by atoms with Gasteiger partial charge in [0.05, 0.1) is 5.60 Å². The Morgan fingerprint density at radius 2 is 1.59 bits per heavy atom. The van der Waals surface area contributed by atoms with Gasteiger partial charge in [0.25, 0.3) is 0 Å². The van der Waals surface area contributed by atoms with E-state index in [9.17, 15) is 0 Å². The molecular weight excluding hydrogens is 208 g/mol. The van der Waals surface area contributed by atoms with Gasteiger partial charge in [-0.2, -0.15) is 0 Å². The standard InChI is InChI=1S/C16H24O/c1-3-5-12-16(13-6-4-2)15(17-16)14-10-8-7-9-11-14/h7-11,15H,3-6,12-13H2,1-2H3. The molecule has 1 nitrogen and oxygen atoms in total. The summed E-state index contributed by atoms with van der Waals surface area (Å²) in [5.74, 6) is 0. The highest BCUT2D eigenvalue weighted by Crippen LogP contribution is 2.55. The maximum absolute atomic E-state index is 6.09. The third-order valence-electron chi connectivity index (χ3n) is 3.78. The lowest BCUT2D eigenvalue weighted by Gasteiger charge is -2.12. The van der Waals surface area contributed by atoms with Crippen LogP contribution >= 0.6 is 0 Å². The predicted molar refractivity (Wildman–Crippen MR) is 72.0 cm³/mol. The Morgan fingerprint density at radius 3 is 2.12 bits per heavy atom. The third kappa shape index (κ3) is 2.90. The second-order valence-corrected chi connectivity index (χ2v) is 5.18. The van der Waals surface area contributed by atoms with Gasteiger partial charge in [-0.25, -0.2) is 0 Å². The van der Waals surface area contributed by atoms with Gasteiger partial charge in [0.15, 0.2) is 0 Å². The van der Waals surface area contributed by atoms with E-state index in [4.69, 9.17) is 4.74 Å². The summed E-state index contributed by atoms with van der Waals surface area (Å²) in [5, 5.41) is 0. The summed E-state index contributed by atoms with van der Waals surface area (Å²) >= 11 is 0. The molecule has 1 fully saturated rings. The van der Waals surface area contributed by atoms with Crippen molar-refractivity contribution in [2.24, 2.45) is 0 Å². The predicted octanol–water partition coefficient (Wildman–Crippen LogP) is 4.88. The molecule has 1 aliphatic rings. The lowest BCUT2D eigenvalue weighted by Crippen LogP contribution is -2.12. The highest BCUT2D eigenvalue weighted by atomic mass is 16.6. The zero-order valence-electron chi connectivity index (χ0n) is 11.1. The van der Waals surface area contributed by atoms with Crippen LogP contribution in [0.2, 0.25) is 0 Å². The molecule has 1 unspecified atom stereocenters. The molecule has 0 spiro atoms. The molecule has 0 aliphatic carbocycles. The van der Waals surface area contributed by atoms with Crippen LogP contribution in [0.3, 0.4) is 0 Å². The summed E-state index contributed by atoms with van der Waals surface area (Å²) in [4.78, 5) is 0. The van der Waals surface area contributed by atoms with Crippen LogP contribution in [-0.2, 0) is 4.74 Å². The Kier molecular flexibility index (Phi) is 4.22. The fraction of sp³-hybridized carbons (Fsp3) is 0.625. The van der Waals surface area contributed by atoms with Gasteiger partial charge in [0.2, 0.25) is 0 Å². The third-order valence-corrected chi connectivity index (χ3v) is 3.78. The van der Waals surface area contributed by atoms with Crippen molar-refractivity contribution in [2.45, 2.75) is 64.1 Å². The SMILES string of the molecule is CCCCC1(CCCC)OC1c1ccccc1. The van der Waals surface area contributed by atoms with Crippen molar-refractivity contribution in [3.63, 3.8) is 0 Å². The van der Waals surface area contributed by atoms with Gasteiger partial charge >= 0.3 is 0 Å². The van der Waals surface area contributed by atoms with Crippen LogP contribution in [0.5, 0.6) is 0 Å². The number of hydrogen-bond donors (Lipinski definition) is 0. The van der Waals surface area contributed by atoms with Gasteiger partial charge in [-0.1, -0.05) is 69.9 Å². The van der Waals surface area contributed by atoms with Crippen molar-refractivity contribution in [3.05, 3.63) is 35.9 Å². The monoisotopic (exact) mass is 232 g/mol. The molecule has 0 radical (unpaired) electrons. The van der Waals surface area contributed by atoms with E-state index in [0.29, 0.717) is 6.10 Å². The zero-order chi connectivity index (χ0) is 12.1. The van der Waals surface area contributed by atoms with Crippen LogP contribution in [0.1, 0.15) is 64.0 Å². The summed E-state index contributed by atoms with van der Waals surface area (Å²) in [7, 11) is 0. The summed E-state index contributed by atoms with van der Waals surface area (Å²) in [6.07, 6.45) is 7.91. The Balaban J connectivity index is 2.00. The minimum Gasteiger partial charge on any atom is -0.361 e. The Morgan fingerprint density at radius 1 is 1.00 bits per heavy atom. The number of hydrogen-bond acceptors (Lipinski definition) is 1. The molecule has 17 heavy (non-hydrogen) atoms. The van der Waals surface area contributed by atoms with E-state index in [2.05, 4.69) is 44.2 Å². The Labute approximate surface area is 105 Å². The van der Waals surface area contributed by atoms with Crippen LogP contribution in [-0.4, -0.2) is 5.60 Å². The Hall–Kier alpha value is -0.820. The molecule has 0 amide bonds. The van der Waals surface area contributed by atoms with Crippen LogP contribution in [0.15, 0.2) is 30.3 Å². The van der Waals surface area contributed by atoms with Crippen molar-refractivity contribution in [2.75, 3.05) is 0 Å². The summed E-state index contributed by atoms with van der Waals surface area (Å²) < 4.78 is 6.09. The first-order valence-corrected chi connectivity index (χ1v) is 7.05. The van der Waals surface area contributed by atoms with E-state index in [1.165, 1.54) is 44.1 Å². The molecule has 2 rings (SSSR count). The Bertz CT molecular complexity index is 323. The number of unbranched alkanes of at least 4 members (excludes halogenated alkanes) is 2. The maximum Gasteiger partial charge on any atom is 0.112 e. The average molecular weight is 232 g/mol. The van der Waals surface area contributed by atoms with E-state index < -0.39 is 0 Å². The fourth-order valence-corrected chi connectivity index (χ4v) is 2.66. The maximum atomic E-state index is 6.09. The smallest absolute Gasteiger partial charge is 0.112 e. The summed E-state index contributed by atoms with van der Waals surface area (Å²) in [5.41, 5.74) is 1.53. The van der Waals surface area contributed by atoms with Gasteiger partial charge < -0.3 is 4.74 Å². The van der Waals surface area contributed by atoms with Crippen molar-refractivity contribution in [3.8, 4) is 0 Å². The molecule has 1 atom stereocenters. The fourth-order valence-electron chi connectivity index (χ4n) is 2.66. The van der Waals surface area contributed by atoms with Gasteiger partial charge in [-0.3, -0.25) is 0 Å². The molecular formula is C16H24O. The molecule has 1 aromatic carbocycles. The minimum atomic E-state index is 0.174. The lowest BCUT2D eigenvalue weighted by atomic mass is 9.89. The largest absolute Gasteiger partial charge is 0.361 e. The zero-order valence-corrected chi connectivity index (χ0v) is 11.1. The summed E-state index contributed by atoms with van der Waals surface area (Å²) in [6.45, 7) is 4.51. The van der Waals surface area contributed by atoms with E-state index in [1.807, 2.05) is 0 Å². The van der Waals surface area contributed by atoms with E-state index in [0.717, 1.165) is 0 Å². The molecule has 0 aromatic heterocycles. The van der Waals surface area contributed by atoms with E-state index >= 15 is 0 Å². The van der Waals surface area contributed by atoms with Crippen molar-refractivity contribution >= 4 is 0 Å². The van der Waals surface area contributed by atoms with E-state index in [1.54, 1.807) is 0 Å². The van der Waals surface area contributed by atoms with Gasteiger partial charge in [0.1, 0.15) is 6.10 Å². The first-order chi connectivity index (χ1) is 8.32. The number of epoxide rings is 1. The first kappa shape index (κ1) is 12.6. The van der Waals surface area contributed by atoms with Crippen molar-refractivity contribution in [1.29, 1.82) is 0 Å². The van der Waals surface area contributed by atoms with Crippen LogP contribution < -0.4 is 0 Å². The van der Waals surface area contributed by atoms with Crippen molar-refractivity contribution < 1.29 is 4.74 Å². The topological polar surface area (TPSA) is 12.5 Å². The highest BCUT2D eigenvalue weighted by molar-refractivity contribution is 5.26. The van der Waals surface area contributed by atoms with Gasteiger partial charge in [-0.05, 0) is 18.4 Å². The quantitative estimate of drug-likeness (QED) is 0.610.